The molecule has 3 aromatic heterocycles. The van der Waals surface area contributed by atoms with Crippen LogP contribution in [0.5, 0.6) is 0 Å². The average Bonchev–Trinajstić information content (AvgIpc) is 3.46. The van der Waals surface area contributed by atoms with E-state index in [1.165, 1.54) is 4.80 Å². The van der Waals surface area contributed by atoms with Gasteiger partial charge in [0.2, 0.25) is 0 Å². The summed E-state index contributed by atoms with van der Waals surface area (Å²) in [5.41, 5.74) is 4.39. The molecule has 34 heavy (non-hydrogen) atoms. The van der Waals surface area contributed by atoms with Gasteiger partial charge in [0, 0.05) is 24.0 Å². The van der Waals surface area contributed by atoms with Crippen LogP contribution in [0.15, 0.2) is 36.7 Å². The minimum absolute atomic E-state index is 0.0419. The third-order valence-electron chi connectivity index (χ3n) is 6.71. The Morgan fingerprint density at radius 3 is 2.68 bits per heavy atom. The van der Waals surface area contributed by atoms with Gasteiger partial charge in [-0.2, -0.15) is 25.1 Å². The highest BCUT2D eigenvalue weighted by Gasteiger charge is 2.33. The van der Waals surface area contributed by atoms with Gasteiger partial charge in [-0.05, 0) is 70.6 Å². The second-order valence-electron chi connectivity index (χ2n) is 9.32. The largest absolute Gasteiger partial charge is 0.335 e. The van der Waals surface area contributed by atoms with Crippen molar-refractivity contribution in [3.63, 3.8) is 0 Å². The third kappa shape index (κ3) is 4.18. The number of nitrogens with zero attached hydrogens (tertiary/aromatic N) is 8. The van der Waals surface area contributed by atoms with Gasteiger partial charge in [0.15, 0.2) is 0 Å². The van der Waals surface area contributed by atoms with E-state index < -0.39 is 0 Å². The second kappa shape index (κ2) is 8.96. The molecule has 1 fully saturated rings. The highest BCUT2D eigenvalue weighted by molar-refractivity contribution is 5.98. The third-order valence-corrected chi connectivity index (χ3v) is 6.71. The van der Waals surface area contributed by atoms with Crippen molar-refractivity contribution >= 4 is 11.7 Å². The van der Waals surface area contributed by atoms with Crippen molar-refractivity contribution in [1.29, 1.82) is 0 Å². The Labute approximate surface area is 198 Å². The van der Waals surface area contributed by atoms with Crippen LogP contribution in [0.2, 0.25) is 0 Å². The fourth-order valence-corrected chi connectivity index (χ4v) is 5.07. The van der Waals surface area contributed by atoms with Gasteiger partial charge in [-0.15, -0.1) is 0 Å². The molecule has 4 aromatic rings. The lowest BCUT2D eigenvalue weighted by Gasteiger charge is -2.40. The van der Waals surface area contributed by atoms with Gasteiger partial charge in [-0.1, -0.05) is 18.6 Å². The highest BCUT2D eigenvalue weighted by Crippen LogP contribution is 2.30. The summed E-state index contributed by atoms with van der Waals surface area (Å²) in [4.78, 5) is 26.4. The first-order chi connectivity index (χ1) is 16.4. The quantitative estimate of drug-likeness (QED) is 0.454. The van der Waals surface area contributed by atoms with Crippen LogP contribution in [-0.2, 0) is 6.42 Å². The van der Waals surface area contributed by atoms with E-state index in [0.717, 1.165) is 49.2 Å². The Balaban J connectivity index is 1.45. The maximum Gasteiger partial charge on any atom is 0.256 e. The van der Waals surface area contributed by atoms with Crippen molar-refractivity contribution in [1.82, 2.24) is 39.5 Å². The monoisotopic (exact) mass is 458 g/mol. The summed E-state index contributed by atoms with van der Waals surface area (Å²) in [7, 11) is 0. The molecule has 1 saturated heterocycles. The minimum atomic E-state index is 0.0419. The normalized spacial score (nSPS) is 18.5. The number of fused-ring (bicyclic) bond motifs is 1. The van der Waals surface area contributed by atoms with Gasteiger partial charge in [0.05, 0.1) is 23.6 Å². The molecule has 0 unspecified atom stereocenters. The molecule has 0 bridgehead atoms. The lowest BCUT2D eigenvalue weighted by atomic mass is 9.86. The maximum absolute atomic E-state index is 13.9. The van der Waals surface area contributed by atoms with Gasteiger partial charge in [0.1, 0.15) is 5.82 Å². The number of rotatable bonds is 5. The molecule has 176 valence electrons. The summed E-state index contributed by atoms with van der Waals surface area (Å²) in [5, 5.41) is 13.1. The van der Waals surface area contributed by atoms with E-state index >= 15 is 0 Å². The molecule has 0 spiro atoms. The van der Waals surface area contributed by atoms with Gasteiger partial charge in [-0.25, -0.2) is 9.50 Å². The van der Waals surface area contributed by atoms with Crippen LogP contribution >= 0.6 is 0 Å². The van der Waals surface area contributed by atoms with Crippen molar-refractivity contribution < 1.29 is 4.79 Å². The van der Waals surface area contributed by atoms with Gasteiger partial charge in [0.25, 0.3) is 11.7 Å². The number of benzene rings is 1. The fraction of sp³-hybridized carbons (Fsp3) is 0.440. The predicted molar refractivity (Wildman–Crippen MR) is 128 cm³/mol. The molecule has 1 aliphatic rings. The fourth-order valence-electron chi connectivity index (χ4n) is 5.07. The van der Waals surface area contributed by atoms with Crippen LogP contribution in [0, 0.1) is 26.7 Å². The zero-order valence-corrected chi connectivity index (χ0v) is 20.1. The smallest absolute Gasteiger partial charge is 0.256 e. The summed E-state index contributed by atoms with van der Waals surface area (Å²) in [6.45, 7) is 8.87. The van der Waals surface area contributed by atoms with Crippen molar-refractivity contribution in [3.8, 4) is 5.69 Å². The first-order valence-electron chi connectivity index (χ1n) is 11.9. The molecule has 1 amide bonds. The summed E-state index contributed by atoms with van der Waals surface area (Å²) < 4.78 is 1.84. The topological polar surface area (TPSA) is 94.1 Å². The summed E-state index contributed by atoms with van der Waals surface area (Å²) in [6.07, 6.45) is 7.02. The first-order valence-corrected chi connectivity index (χ1v) is 11.9. The minimum Gasteiger partial charge on any atom is -0.335 e. The lowest BCUT2D eigenvalue weighted by Crippen LogP contribution is -2.48. The van der Waals surface area contributed by atoms with E-state index in [-0.39, 0.29) is 11.9 Å². The Morgan fingerprint density at radius 2 is 1.88 bits per heavy atom. The number of carbonyl (C=O) groups is 1. The number of carbonyl (C=O) groups excluding carboxylic acids is 1. The van der Waals surface area contributed by atoms with E-state index in [1.54, 1.807) is 12.4 Å². The molecule has 4 heterocycles. The van der Waals surface area contributed by atoms with Crippen molar-refractivity contribution in [2.75, 3.05) is 6.54 Å². The second-order valence-corrected chi connectivity index (χ2v) is 9.32. The molecule has 0 radical (unpaired) electrons. The SMILES string of the molecule is Cc1ccc(-n2nccn2)c(C(=O)N2CCC[C@@H](C)[C@H]2CCc2cc(C)nc3nc(C)nn23)c1. The van der Waals surface area contributed by atoms with Crippen LogP contribution in [0.4, 0.5) is 0 Å². The van der Waals surface area contributed by atoms with Crippen LogP contribution in [0.1, 0.15) is 59.3 Å². The van der Waals surface area contributed by atoms with Gasteiger partial charge >= 0.3 is 0 Å². The molecule has 9 nitrogen and oxygen atoms in total. The Morgan fingerprint density at radius 1 is 1.09 bits per heavy atom. The molecule has 0 N–H and O–H groups in total. The predicted octanol–water partition coefficient (Wildman–Crippen LogP) is 3.50. The van der Waals surface area contributed by atoms with Crippen LogP contribution in [0.3, 0.4) is 0 Å². The van der Waals surface area contributed by atoms with Crippen molar-refractivity contribution in [3.05, 3.63) is 65.0 Å². The summed E-state index contributed by atoms with van der Waals surface area (Å²) in [5.74, 6) is 1.79. The number of piperidine rings is 1. The molecule has 0 saturated carbocycles. The molecular formula is C25H30N8O. The average molecular weight is 459 g/mol. The van der Waals surface area contributed by atoms with E-state index in [9.17, 15) is 4.79 Å². The summed E-state index contributed by atoms with van der Waals surface area (Å²) in [6, 6.07) is 8.07. The molecular weight excluding hydrogens is 428 g/mol. The Kier molecular flexibility index (Phi) is 5.85. The van der Waals surface area contributed by atoms with E-state index in [1.807, 2.05) is 43.5 Å². The summed E-state index contributed by atoms with van der Waals surface area (Å²) >= 11 is 0. The van der Waals surface area contributed by atoms with E-state index in [0.29, 0.717) is 28.8 Å². The maximum atomic E-state index is 13.9. The molecule has 1 aliphatic heterocycles. The Bertz CT molecular complexity index is 1330. The lowest BCUT2D eigenvalue weighted by molar-refractivity contribution is 0.0498. The molecule has 0 aliphatic carbocycles. The molecule has 9 heteroatoms. The zero-order valence-electron chi connectivity index (χ0n) is 20.1. The zero-order chi connectivity index (χ0) is 23.8. The standard InChI is InChI=1S/C25H30N8O/c1-16-7-9-23(33-26-11-12-27-33)21(14-16)24(34)31-13-5-6-17(2)22(31)10-8-20-15-18(3)28-25-29-19(4)30-32(20)25/h7,9,11-12,14-15,17,22H,5-6,8,10,13H2,1-4H3/t17-,22-/m1/s1. The van der Waals surface area contributed by atoms with E-state index in [2.05, 4.69) is 43.2 Å². The van der Waals surface area contributed by atoms with Crippen LogP contribution in [0.25, 0.3) is 11.5 Å². The number of amides is 1. The Hall–Kier alpha value is -3.62. The highest BCUT2D eigenvalue weighted by atomic mass is 16.2. The molecule has 2 atom stereocenters. The van der Waals surface area contributed by atoms with Crippen LogP contribution in [-0.4, -0.2) is 58.0 Å². The molecule has 1 aromatic carbocycles. The van der Waals surface area contributed by atoms with Crippen molar-refractivity contribution in [2.45, 2.75) is 59.4 Å². The van der Waals surface area contributed by atoms with Gasteiger partial charge in [-0.3, -0.25) is 4.79 Å². The number of hydrogen-bond acceptors (Lipinski definition) is 6. The first kappa shape index (κ1) is 22.2. The van der Waals surface area contributed by atoms with Crippen LogP contribution < -0.4 is 0 Å². The van der Waals surface area contributed by atoms with E-state index in [4.69, 9.17) is 0 Å². The number of aryl methyl sites for hydroxylation is 4. The number of aromatic nitrogens is 7. The molecule has 5 rings (SSSR count). The number of likely N-dealkylation sites (tertiary alicyclic amines) is 1. The van der Waals surface area contributed by atoms with Crippen molar-refractivity contribution in [2.24, 2.45) is 5.92 Å². The van der Waals surface area contributed by atoms with Gasteiger partial charge < -0.3 is 4.90 Å². The number of hydrogen-bond donors (Lipinski definition) is 0.